The molecule has 100 valence electrons. The lowest BCUT2D eigenvalue weighted by Crippen LogP contribution is -2.22. The minimum absolute atomic E-state index is 0.365. The Morgan fingerprint density at radius 3 is 2.58 bits per heavy atom. The minimum Gasteiger partial charge on any atom is -0.453 e. The van der Waals surface area contributed by atoms with Crippen LogP contribution in [-0.2, 0) is 6.54 Å². The molecule has 0 spiro atoms. The van der Waals surface area contributed by atoms with E-state index in [4.69, 9.17) is 4.42 Å². The summed E-state index contributed by atoms with van der Waals surface area (Å²) in [5, 5.41) is 0. The number of furan rings is 1. The quantitative estimate of drug-likeness (QED) is 0.741. The van der Waals surface area contributed by atoms with Crippen molar-refractivity contribution in [2.24, 2.45) is 0 Å². The Kier molecular flexibility index (Phi) is 4.53. The summed E-state index contributed by atoms with van der Waals surface area (Å²) < 4.78 is 5.45. The molecule has 0 saturated carbocycles. The van der Waals surface area contributed by atoms with Gasteiger partial charge in [0.2, 0.25) is 0 Å². The molecule has 0 aliphatic carbocycles. The molecule has 0 atom stereocenters. The maximum atomic E-state index is 10.6. The second-order valence-corrected chi connectivity index (χ2v) is 4.48. The molecule has 3 heteroatoms. The topological polar surface area (TPSA) is 33.5 Å². The average molecular weight is 257 g/mol. The molecule has 0 bridgehead atoms. The normalized spacial score (nSPS) is 10.9. The van der Waals surface area contributed by atoms with Gasteiger partial charge in [0.25, 0.3) is 0 Å². The summed E-state index contributed by atoms with van der Waals surface area (Å²) in [5.41, 5.74) is 2.27. The Morgan fingerprint density at radius 2 is 1.95 bits per heavy atom. The fraction of sp³-hybridized carbons (Fsp3) is 0.312. The fourth-order valence-electron chi connectivity index (χ4n) is 2.10. The summed E-state index contributed by atoms with van der Waals surface area (Å²) in [6, 6.07) is 11.8. The Balaban J connectivity index is 2.21. The molecule has 0 radical (unpaired) electrons. The van der Waals surface area contributed by atoms with E-state index in [1.807, 2.05) is 18.2 Å². The smallest absolute Gasteiger partial charge is 0.185 e. The molecule has 0 aliphatic rings. The Morgan fingerprint density at radius 1 is 1.16 bits per heavy atom. The predicted octanol–water partition coefficient (Wildman–Crippen LogP) is 3.60. The van der Waals surface area contributed by atoms with Crippen molar-refractivity contribution in [2.75, 3.05) is 13.1 Å². The van der Waals surface area contributed by atoms with Crippen molar-refractivity contribution in [2.45, 2.75) is 20.4 Å². The molecular weight excluding hydrogens is 238 g/mol. The van der Waals surface area contributed by atoms with Gasteiger partial charge >= 0.3 is 0 Å². The zero-order valence-corrected chi connectivity index (χ0v) is 11.4. The first-order valence-corrected chi connectivity index (χ1v) is 6.63. The molecule has 0 aliphatic heterocycles. The van der Waals surface area contributed by atoms with E-state index in [0.29, 0.717) is 5.76 Å². The van der Waals surface area contributed by atoms with Gasteiger partial charge in [-0.3, -0.25) is 9.69 Å². The zero-order chi connectivity index (χ0) is 13.7. The molecule has 1 heterocycles. The van der Waals surface area contributed by atoms with Crippen LogP contribution in [0.15, 0.2) is 40.8 Å². The Labute approximate surface area is 113 Å². The third-order valence-electron chi connectivity index (χ3n) is 3.26. The van der Waals surface area contributed by atoms with E-state index >= 15 is 0 Å². The highest BCUT2D eigenvalue weighted by atomic mass is 16.3. The molecule has 0 fully saturated rings. The first kappa shape index (κ1) is 13.6. The van der Waals surface area contributed by atoms with E-state index in [9.17, 15) is 4.79 Å². The largest absolute Gasteiger partial charge is 0.453 e. The van der Waals surface area contributed by atoms with Crippen LogP contribution in [0.5, 0.6) is 0 Å². The van der Waals surface area contributed by atoms with Gasteiger partial charge in [-0.1, -0.05) is 32.0 Å². The first-order valence-electron chi connectivity index (χ1n) is 6.63. The molecule has 0 amide bonds. The maximum absolute atomic E-state index is 10.6. The molecule has 2 aromatic rings. The van der Waals surface area contributed by atoms with E-state index < -0.39 is 0 Å². The van der Waals surface area contributed by atoms with Crippen LogP contribution < -0.4 is 0 Å². The third-order valence-corrected chi connectivity index (χ3v) is 3.26. The number of nitrogens with zero attached hydrogens (tertiary/aromatic N) is 1. The van der Waals surface area contributed by atoms with E-state index in [1.54, 1.807) is 6.07 Å². The second-order valence-electron chi connectivity index (χ2n) is 4.48. The Bertz CT molecular complexity index is 541. The summed E-state index contributed by atoms with van der Waals surface area (Å²) in [6.45, 7) is 7.34. The molecule has 3 nitrogen and oxygen atoms in total. The first-order chi connectivity index (χ1) is 9.26. The molecule has 0 unspecified atom stereocenters. The van der Waals surface area contributed by atoms with Crippen LogP contribution in [0.25, 0.3) is 11.3 Å². The number of carbonyl (C=O) groups is 1. The summed E-state index contributed by atoms with van der Waals surface area (Å²) in [6.07, 6.45) is 0.725. The van der Waals surface area contributed by atoms with Gasteiger partial charge in [0.15, 0.2) is 12.0 Å². The van der Waals surface area contributed by atoms with Gasteiger partial charge in [-0.05, 0) is 36.9 Å². The summed E-state index contributed by atoms with van der Waals surface area (Å²) >= 11 is 0. The predicted molar refractivity (Wildman–Crippen MR) is 76.2 cm³/mol. The van der Waals surface area contributed by atoms with Crippen LogP contribution in [0.3, 0.4) is 0 Å². The van der Waals surface area contributed by atoms with Crippen LogP contribution in [-0.4, -0.2) is 24.3 Å². The van der Waals surface area contributed by atoms with Crippen molar-refractivity contribution >= 4 is 6.29 Å². The monoisotopic (exact) mass is 257 g/mol. The lowest BCUT2D eigenvalue weighted by molar-refractivity contribution is 0.110. The van der Waals surface area contributed by atoms with Crippen molar-refractivity contribution in [3.8, 4) is 11.3 Å². The third kappa shape index (κ3) is 3.32. The molecule has 2 rings (SSSR count). The van der Waals surface area contributed by atoms with Gasteiger partial charge in [0.05, 0.1) is 0 Å². The van der Waals surface area contributed by atoms with Gasteiger partial charge < -0.3 is 4.42 Å². The van der Waals surface area contributed by atoms with Crippen LogP contribution in [0.2, 0.25) is 0 Å². The Hall–Kier alpha value is -1.87. The average Bonchev–Trinajstić information content (AvgIpc) is 2.94. The van der Waals surface area contributed by atoms with Gasteiger partial charge in [0.1, 0.15) is 5.76 Å². The number of rotatable bonds is 6. The second kappa shape index (κ2) is 6.34. The highest BCUT2D eigenvalue weighted by Gasteiger charge is 2.06. The van der Waals surface area contributed by atoms with Crippen LogP contribution in [0.1, 0.15) is 30.0 Å². The summed E-state index contributed by atoms with van der Waals surface area (Å²) in [4.78, 5) is 13.0. The number of hydrogen-bond donors (Lipinski definition) is 0. The number of carbonyl (C=O) groups excluding carboxylic acids is 1. The zero-order valence-electron chi connectivity index (χ0n) is 11.4. The molecular formula is C16H19NO2. The highest BCUT2D eigenvalue weighted by molar-refractivity contribution is 5.72. The maximum Gasteiger partial charge on any atom is 0.185 e. The minimum atomic E-state index is 0.365. The van der Waals surface area contributed by atoms with Crippen molar-refractivity contribution in [3.63, 3.8) is 0 Å². The highest BCUT2D eigenvalue weighted by Crippen LogP contribution is 2.23. The van der Waals surface area contributed by atoms with E-state index in [2.05, 4.69) is 30.9 Å². The molecule has 1 aromatic heterocycles. The molecule has 0 N–H and O–H groups in total. The number of hydrogen-bond acceptors (Lipinski definition) is 3. The van der Waals surface area contributed by atoms with E-state index in [1.165, 1.54) is 5.56 Å². The van der Waals surface area contributed by atoms with Crippen molar-refractivity contribution in [1.29, 1.82) is 0 Å². The van der Waals surface area contributed by atoms with Gasteiger partial charge in [-0.2, -0.15) is 0 Å². The standard InChI is InChI=1S/C16H19NO2/c1-3-17(4-2)11-13-6-5-7-14(10-13)16-9-8-15(12-18)19-16/h5-10,12H,3-4,11H2,1-2H3. The summed E-state index contributed by atoms with van der Waals surface area (Å²) in [5.74, 6) is 1.10. The van der Waals surface area contributed by atoms with Crippen LogP contribution in [0.4, 0.5) is 0 Å². The lowest BCUT2D eigenvalue weighted by atomic mass is 10.1. The van der Waals surface area contributed by atoms with Gasteiger partial charge in [-0.15, -0.1) is 0 Å². The van der Waals surface area contributed by atoms with Crippen molar-refractivity contribution in [1.82, 2.24) is 4.90 Å². The van der Waals surface area contributed by atoms with Crippen molar-refractivity contribution < 1.29 is 9.21 Å². The lowest BCUT2D eigenvalue weighted by Gasteiger charge is -2.18. The molecule has 19 heavy (non-hydrogen) atoms. The number of aldehydes is 1. The molecule has 1 aromatic carbocycles. The number of benzene rings is 1. The molecule has 0 saturated heterocycles. The van der Waals surface area contributed by atoms with Crippen LogP contribution >= 0.6 is 0 Å². The van der Waals surface area contributed by atoms with Crippen LogP contribution in [0, 0.1) is 0 Å². The summed E-state index contributed by atoms with van der Waals surface area (Å²) in [7, 11) is 0. The van der Waals surface area contributed by atoms with E-state index in [0.717, 1.165) is 37.2 Å². The van der Waals surface area contributed by atoms with Crippen molar-refractivity contribution in [3.05, 3.63) is 47.7 Å². The van der Waals surface area contributed by atoms with E-state index in [-0.39, 0.29) is 0 Å². The van der Waals surface area contributed by atoms with Gasteiger partial charge in [-0.25, -0.2) is 0 Å². The SMILES string of the molecule is CCN(CC)Cc1cccc(-c2ccc(C=O)o2)c1. The van der Waals surface area contributed by atoms with Gasteiger partial charge in [0, 0.05) is 12.1 Å². The fourth-order valence-corrected chi connectivity index (χ4v) is 2.10.